The molecule has 0 aliphatic carbocycles. The SMILES string of the molecule is COc1ccc(O[C@H](C)C(=O)N[C@H](C)c2cc(C)c(C)cc2C)cc1. The molecule has 2 aromatic carbocycles. The van der Waals surface area contributed by atoms with Crippen LogP contribution in [0.2, 0.25) is 0 Å². The maximum absolute atomic E-state index is 12.5. The van der Waals surface area contributed by atoms with Crippen LogP contribution in [0.4, 0.5) is 0 Å². The lowest BCUT2D eigenvalue weighted by Gasteiger charge is -2.21. The van der Waals surface area contributed by atoms with Crippen LogP contribution in [-0.4, -0.2) is 19.1 Å². The summed E-state index contributed by atoms with van der Waals surface area (Å²) < 4.78 is 10.8. The van der Waals surface area contributed by atoms with Gasteiger partial charge in [-0.2, -0.15) is 0 Å². The number of hydrogen-bond acceptors (Lipinski definition) is 3. The number of rotatable bonds is 6. The van der Waals surface area contributed by atoms with Gasteiger partial charge in [-0.05, 0) is 81.1 Å². The van der Waals surface area contributed by atoms with Gasteiger partial charge in [0, 0.05) is 0 Å². The highest BCUT2D eigenvalue weighted by atomic mass is 16.5. The fourth-order valence-corrected chi connectivity index (χ4v) is 2.77. The van der Waals surface area contributed by atoms with Gasteiger partial charge in [0.15, 0.2) is 6.10 Å². The van der Waals surface area contributed by atoms with Gasteiger partial charge in [-0.3, -0.25) is 4.79 Å². The van der Waals surface area contributed by atoms with E-state index in [1.165, 1.54) is 16.7 Å². The Hall–Kier alpha value is -2.49. The van der Waals surface area contributed by atoms with Crippen LogP contribution in [0.25, 0.3) is 0 Å². The van der Waals surface area contributed by atoms with Crippen LogP contribution in [0, 0.1) is 20.8 Å². The zero-order valence-electron chi connectivity index (χ0n) is 15.8. The Balaban J connectivity index is 2.01. The van der Waals surface area contributed by atoms with Crippen molar-refractivity contribution in [2.45, 2.75) is 46.8 Å². The molecular formula is C21H27NO3. The van der Waals surface area contributed by atoms with Crippen LogP contribution in [0.1, 0.15) is 42.1 Å². The third-order valence-electron chi connectivity index (χ3n) is 4.45. The Labute approximate surface area is 150 Å². The van der Waals surface area contributed by atoms with Crippen molar-refractivity contribution >= 4 is 5.91 Å². The molecule has 1 N–H and O–H groups in total. The van der Waals surface area contributed by atoms with E-state index in [4.69, 9.17) is 9.47 Å². The van der Waals surface area contributed by atoms with Gasteiger partial charge in [0.05, 0.1) is 13.2 Å². The van der Waals surface area contributed by atoms with Crippen molar-refractivity contribution in [3.63, 3.8) is 0 Å². The van der Waals surface area contributed by atoms with Crippen molar-refractivity contribution in [2.75, 3.05) is 7.11 Å². The molecule has 25 heavy (non-hydrogen) atoms. The lowest BCUT2D eigenvalue weighted by atomic mass is 9.96. The Morgan fingerprint density at radius 2 is 1.48 bits per heavy atom. The summed E-state index contributed by atoms with van der Waals surface area (Å²) in [5, 5.41) is 3.04. The predicted molar refractivity (Wildman–Crippen MR) is 100 cm³/mol. The normalized spacial score (nSPS) is 13.0. The lowest BCUT2D eigenvalue weighted by Crippen LogP contribution is -2.38. The molecule has 0 saturated carbocycles. The Kier molecular flexibility index (Phi) is 6.07. The fraction of sp³-hybridized carbons (Fsp3) is 0.381. The minimum absolute atomic E-state index is 0.0753. The Bertz CT molecular complexity index is 738. The first kappa shape index (κ1) is 18.8. The van der Waals surface area contributed by atoms with Crippen LogP contribution < -0.4 is 14.8 Å². The number of ether oxygens (including phenoxy) is 2. The number of carbonyl (C=O) groups is 1. The summed E-state index contributed by atoms with van der Waals surface area (Å²) in [5.41, 5.74) is 4.80. The maximum atomic E-state index is 12.5. The van der Waals surface area contributed by atoms with E-state index in [2.05, 4.69) is 38.2 Å². The molecule has 0 aliphatic rings. The quantitative estimate of drug-likeness (QED) is 0.854. The molecule has 4 heteroatoms. The molecule has 2 rings (SSSR count). The van der Waals surface area contributed by atoms with Crippen LogP contribution in [-0.2, 0) is 4.79 Å². The molecule has 0 saturated heterocycles. The first-order chi connectivity index (χ1) is 11.8. The topological polar surface area (TPSA) is 47.6 Å². The third kappa shape index (κ3) is 4.75. The number of benzene rings is 2. The van der Waals surface area contributed by atoms with Crippen molar-refractivity contribution in [2.24, 2.45) is 0 Å². The number of carbonyl (C=O) groups excluding carboxylic acids is 1. The van der Waals surface area contributed by atoms with E-state index in [-0.39, 0.29) is 11.9 Å². The minimum atomic E-state index is -0.581. The van der Waals surface area contributed by atoms with Gasteiger partial charge < -0.3 is 14.8 Å². The third-order valence-corrected chi connectivity index (χ3v) is 4.45. The summed E-state index contributed by atoms with van der Waals surface area (Å²) >= 11 is 0. The molecule has 2 aromatic rings. The highest BCUT2D eigenvalue weighted by molar-refractivity contribution is 5.81. The number of nitrogens with one attached hydrogen (secondary N) is 1. The molecule has 1 amide bonds. The van der Waals surface area contributed by atoms with E-state index in [1.807, 2.05) is 6.92 Å². The van der Waals surface area contributed by atoms with Crippen LogP contribution >= 0.6 is 0 Å². The second-order valence-electron chi connectivity index (χ2n) is 6.46. The van der Waals surface area contributed by atoms with Crippen LogP contribution in [0.3, 0.4) is 0 Å². The average Bonchev–Trinajstić information content (AvgIpc) is 2.58. The molecule has 0 spiro atoms. The molecule has 0 heterocycles. The summed E-state index contributed by atoms with van der Waals surface area (Å²) in [7, 11) is 1.61. The van der Waals surface area contributed by atoms with E-state index in [0.717, 1.165) is 11.3 Å². The predicted octanol–water partition coefficient (Wildman–Crippen LogP) is 4.27. The van der Waals surface area contributed by atoms with Crippen molar-refractivity contribution in [3.8, 4) is 11.5 Å². The first-order valence-corrected chi connectivity index (χ1v) is 8.50. The van der Waals surface area contributed by atoms with Crippen molar-refractivity contribution in [1.82, 2.24) is 5.32 Å². The van der Waals surface area contributed by atoms with E-state index in [9.17, 15) is 4.79 Å². The second kappa shape index (κ2) is 8.06. The van der Waals surface area contributed by atoms with E-state index < -0.39 is 6.10 Å². The van der Waals surface area contributed by atoms with Gasteiger partial charge in [-0.15, -0.1) is 0 Å². The van der Waals surface area contributed by atoms with E-state index in [0.29, 0.717) is 5.75 Å². The van der Waals surface area contributed by atoms with E-state index >= 15 is 0 Å². The van der Waals surface area contributed by atoms with Gasteiger partial charge in [0.2, 0.25) is 0 Å². The monoisotopic (exact) mass is 341 g/mol. The molecule has 0 unspecified atom stereocenters. The van der Waals surface area contributed by atoms with Gasteiger partial charge in [0.25, 0.3) is 5.91 Å². The van der Waals surface area contributed by atoms with Gasteiger partial charge in [0.1, 0.15) is 11.5 Å². The van der Waals surface area contributed by atoms with Crippen molar-refractivity contribution in [3.05, 3.63) is 58.7 Å². The molecular weight excluding hydrogens is 314 g/mol. The van der Waals surface area contributed by atoms with Gasteiger partial charge in [-0.25, -0.2) is 0 Å². The van der Waals surface area contributed by atoms with Crippen molar-refractivity contribution in [1.29, 1.82) is 0 Å². The minimum Gasteiger partial charge on any atom is -0.497 e. The number of aryl methyl sites for hydroxylation is 3. The molecule has 0 fully saturated rings. The Morgan fingerprint density at radius 3 is 2.08 bits per heavy atom. The average molecular weight is 341 g/mol. The maximum Gasteiger partial charge on any atom is 0.261 e. The zero-order valence-corrected chi connectivity index (χ0v) is 15.8. The highest BCUT2D eigenvalue weighted by Crippen LogP contribution is 2.22. The largest absolute Gasteiger partial charge is 0.497 e. The molecule has 2 atom stereocenters. The second-order valence-corrected chi connectivity index (χ2v) is 6.46. The summed E-state index contributed by atoms with van der Waals surface area (Å²) in [6, 6.07) is 11.4. The zero-order chi connectivity index (χ0) is 18.6. The Morgan fingerprint density at radius 1 is 0.920 bits per heavy atom. The van der Waals surface area contributed by atoms with Gasteiger partial charge in [-0.1, -0.05) is 12.1 Å². The van der Waals surface area contributed by atoms with Crippen LogP contribution in [0.15, 0.2) is 36.4 Å². The van der Waals surface area contributed by atoms with E-state index in [1.54, 1.807) is 38.3 Å². The van der Waals surface area contributed by atoms with Crippen LogP contribution in [0.5, 0.6) is 11.5 Å². The lowest BCUT2D eigenvalue weighted by molar-refractivity contribution is -0.127. The molecule has 0 radical (unpaired) electrons. The number of amides is 1. The molecule has 0 aromatic heterocycles. The summed E-state index contributed by atoms with van der Waals surface area (Å²) in [6.07, 6.45) is -0.581. The highest BCUT2D eigenvalue weighted by Gasteiger charge is 2.19. The molecule has 0 aliphatic heterocycles. The first-order valence-electron chi connectivity index (χ1n) is 8.50. The fourth-order valence-electron chi connectivity index (χ4n) is 2.77. The smallest absolute Gasteiger partial charge is 0.261 e. The standard InChI is InChI=1S/C21H27NO3/c1-13-11-15(3)20(12-14(13)2)16(4)22-21(23)17(5)25-19-9-7-18(24-6)8-10-19/h7-12,16-17H,1-6H3,(H,22,23)/t16-,17-/m1/s1. The molecule has 134 valence electrons. The summed E-state index contributed by atoms with van der Waals surface area (Å²) in [4.78, 5) is 12.5. The van der Waals surface area contributed by atoms with Crippen molar-refractivity contribution < 1.29 is 14.3 Å². The number of methoxy groups -OCH3 is 1. The number of hydrogen-bond donors (Lipinski definition) is 1. The summed E-state index contributed by atoms with van der Waals surface area (Å²) in [5.74, 6) is 1.25. The van der Waals surface area contributed by atoms with Gasteiger partial charge >= 0.3 is 0 Å². The summed E-state index contributed by atoms with van der Waals surface area (Å²) in [6.45, 7) is 10.00. The molecule has 4 nitrogen and oxygen atoms in total. The molecule has 0 bridgehead atoms.